The van der Waals surface area contributed by atoms with E-state index in [0.717, 1.165) is 34.5 Å². The lowest BCUT2D eigenvalue weighted by molar-refractivity contribution is -0.120. The zero-order valence-electron chi connectivity index (χ0n) is 17.5. The van der Waals surface area contributed by atoms with Gasteiger partial charge in [-0.15, -0.1) is 11.3 Å². The van der Waals surface area contributed by atoms with Crippen LogP contribution < -0.4 is 15.6 Å². The number of carbonyl (C=O) groups is 1. The molecular weight excluding hydrogens is 418 g/mol. The minimum Gasteiger partial charge on any atom is -0.497 e. The molecule has 0 aliphatic heterocycles. The Labute approximate surface area is 183 Å². The summed E-state index contributed by atoms with van der Waals surface area (Å²) in [5.41, 5.74) is 1.55. The van der Waals surface area contributed by atoms with Gasteiger partial charge in [0.15, 0.2) is 5.16 Å². The van der Waals surface area contributed by atoms with Gasteiger partial charge in [-0.1, -0.05) is 24.8 Å². The summed E-state index contributed by atoms with van der Waals surface area (Å²) < 4.78 is 6.96. The van der Waals surface area contributed by atoms with Crippen LogP contribution in [-0.4, -0.2) is 33.9 Å². The van der Waals surface area contributed by atoms with Crippen molar-refractivity contribution in [3.05, 3.63) is 45.1 Å². The van der Waals surface area contributed by atoms with Crippen molar-refractivity contribution >= 4 is 39.2 Å². The van der Waals surface area contributed by atoms with Gasteiger partial charge in [-0.25, -0.2) is 4.98 Å². The number of nitrogens with one attached hydrogen (secondary N) is 1. The molecule has 1 aliphatic carbocycles. The van der Waals surface area contributed by atoms with Gasteiger partial charge in [0.25, 0.3) is 5.56 Å². The van der Waals surface area contributed by atoms with Gasteiger partial charge in [-0.05, 0) is 50.8 Å². The molecule has 4 rings (SSSR count). The summed E-state index contributed by atoms with van der Waals surface area (Å²) in [6, 6.07) is 7.66. The van der Waals surface area contributed by atoms with Crippen LogP contribution in [0, 0.1) is 6.92 Å². The predicted octanol–water partition coefficient (Wildman–Crippen LogP) is 4.09. The maximum atomic E-state index is 13.6. The molecule has 1 N–H and O–H groups in total. The van der Waals surface area contributed by atoms with Crippen LogP contribution in [0.1, 0.15) is 37.1 Å². The van der Waals surface area contributed by atoms with E-state index in [-0.39, 0.29) is 16.7 Å². The van der Waals surface area contributed by atoms with E-state index in [2.05, 4.69) is 12.2 Å². The first-order valence-corrected chi connectivity index (χ1v) is 11.8. The molecule has 2 heterocycles. The van der Waals surface area contributed by atoms with Gasteiger partial charge < -0.3 is 10.1 Å². The van der Waals surface area contributed by atoms with Crippen molar-refractivity contribution in [1.29, 1.82) is 0 Å². The molecule has 1 unspecified atom stereocenters. The normalized spacial score (nSPS) is 14.7. The highest BCUT2D eigenvalue weighted by molar-refractivity contribution is 8.00. The molecule has 1 amide bonds. The molecule has 1 aliphatic rings. The van der Waals surface area contributed by atoms with Gasteiger partial charge in [-0.2, -0.15) is 0 Å². The third kappa shape index (κ3) is 3.98. The van der Waals surface area contributed by atoms with Gasteiger partial charge in [0, 0.05) is 17.0 Å². The Morgan fingerprint density at radius 2 is 2.20 bits per heavy atom. The van der Waals surface area contributed by atoms with Gasteiger partial charge in [0.2, 0.25) is 5.91 Å². The average molecular weight is 444 g/mol. The summed E-state index contributed by atoms with van der Waals surface area (Å²) in [4.78, 5) is 32.9. The standard InChI is InChI=1S/C22H25N3O3S2/c1-5-17-12(2)18-20(30-17)24-22(29-13(3)19(26)23-14-9-10-14)25(21(18)27)15-7-6-8-16(11-15)28-4/h6-8,11,13-14H,5,9-10H2,1-4H3,(H,23,26). The fourth-order valence-corrected chi connectivity index (χ4v) is 5.46. The number of aryl methyl sites for hydroxylation is 2. The SMILES string of the molecule is CCc1sc2nc(SC(C)C(=O)NC3CC3)n(-c3cccc(OC)c3)c(=O)c2c1C. The van der Waals surface area contributed by atoms with Crippen LogP contribution in [0.4, 0.5) is 0 Å². The quantitative estimate of drug-likeness (QED) is 0.440. The second-order valence-electron chi connectivity index (χ2n) is 7.46. The number of carbonyl (C=O) groups excluding carboxylic acids is 1. The number of thiophene rings is 1. The third-order valence-corrected chi connectivity index (χ3v) is 7.62. The van der Waals surface area contributed by atoms with Crippen molar-refractivity contribution in [2.75, 3.05) is 7.11 Å². The zero-order valence-corrected chi connectivity index (χ0v) is 19.2. The molecule has 0 bridgehead atoms. The number of thioether (sulfide) groups is 1. The molecule has 0 radical (unpaired) electrons. The Morgan fingerprint density at radius 3 is 2.87 bits per heavy atom. The van der Waals surface area contributed by atoms with E-state index >= 15 is 0 Å². The molecule has 0 spiro atoms. The number of hydrogen-bond donors (Lipinski definition) is 1. The summed E-state index contributed by atoms with van der Waals surface area (Å²) in [6.07, 6.45) is 2.93. The monoisotopic (exact) mass is 443 g/mol. The number of nitrogens with zero attached hydrogens (tertiary/aromatic N) is 2. The highest BCUT2D eigenvalue weighted by atomic mass is 32.2. The molecule has 3 aromatic rings. The molecule has 2 aromatic heterocycles. The lowest BCUT2D eigenvalue weighted by atomic mass is 10.2. The van der Waals surface area contributed by atoms with E-state index in [1.54, 1.807) is 23.0 Å². The molecule has 1 aromatic carbocycles. The largest absolute Gasteiger partial charge is 0.497 e. The van der Waals surface area contributed by atoms with Crippen LogP contribution in [0.25, 0.3) is 15.9 Å². The van der Waals surface area contributed by atoms with Crippen molar-refractivity contribution in [1.82, 2.24) is 14.9 Å². The van der Waals surface area contributed by atoms with Gasteiger partial charge in [-0.3, -0.25) is 14.2 Å². The Balaban J connectivity index is 1.85. The van der Waals surface area contributed by atoms with Crippen molar-refractivity contribution in [2.24, 2.45) is 0 Å². The van der Waals surface area contributed by atoms with E-state index in [4.69, 9.17) is 9.72 Å². The van der Waals surface area contributed by atoms with Crippen molar-refractivity contribution in [3.63, 3.8) is 0 Å². The first-order chi connectivity index (χ1) is 14.4. The number of rotatable bonds is 7. The molecule has 8 heteroatoms. The minimum absolute atomic E-state index is 0.0226. The highest BCUT2D eigenvalue weighted by Gasteiger charge is 2.27. The summed E-state index contributed by atoms with van der Waals surface area (Å²) in [6.45, 7) is 5.92. The molecular formula is C22H25N3O3S2. The van der Waals surface area contributed by atoms with E-state index in [1.807, 2.05) is 38.1 Å². The molecule has 30 heavy (non-hydrogen) atoms. The number of amides is 1. The molecule has 0 saturated heterocycles. The smallest absolute Gasteiger partial charge is 0.267 e. The first kappa shape index (κ1) is 20.9. The fourth-order valence-electron chi connectivity index (χ4n) is 3.36. The summed E-state index contributed by atoms with van der Waals surface area (Å²) in [5.74, 6) is 0.636. The number of fused-ring (bicyclic) bond motifs is 1. The number of methoxy groups -OCH3 is 1. The van der Waals surface area contributed by atoms with Crippen LogP contribution in [0.15, 0.2) is 34.2 Å². The van der Waals surface area contributed by atoms with Crippen LogP contribution in [0.3, 0.4) is 0 Å². The Kier molecular flexibility index (Phi) is 5.88. The van der Waals surface area contributed by atoms with Crippen LogP contribution in [-0.2, 0) is 11.2 Å². The predicted molar refractivity (Wildman–Crippen MR) is 122 cm³/mol. The topological polar surface area (TPSA) is 73.2 Å². The van der Waals surface area contributed by atoms with E-state index in [9.17, 15) is 9.59 Å². The van der Waals surface area contributed by atoms with Crippen molar-refractivity contribution < 1.29 is 9.53 Å². The number of benzene rings is 1. The van der Waals surface area contributed by atoms with E-state index < -0.39 is 0 Å². The molecule has 6 nitrogen and oxygen atoms in total. The Hall–Kier alpha value is -2.32. The van der Waals surface area contributed by atoms with Gasteiger partial charge in [0.1, 0.15) is 10.6 Å². The van der Waals surface area contributed by atoms with Gasteiger partial charge in [0.05, 0.1) is 23.4 Å². The number of hydrogen-bond acceptors (Lipinski definition) is 6. The number of ether oxygens (including phenoxy) is 1. The first-order valence-electron chi connectivity index (χ1n) is 10.1. The summed E-state index contributed by atoms with van der Waals surface area (Å²) >= 11 is 2.87. The lowest BCUT2D eigenvalue weighted by Gasteiger charge is -2.16. The van der Waals surface area contributed by atoms with Crippen LogP contribution >= 0.6 is 23.1 Å². The van der Waals surface area contributed by atoms with Crippen molar-refractivity contribution in [3.8, 4) is 11.4 Å². The Morgan fingerprint density at radius 1 is 1.43 bits per heavy atom. The second kappa shape index (κ2) is 8.43. The number of aromatic nitrogens is 2. The van der Waals surface area contributed by atoms with Gasteiger partial charge >= 0.3 is 0 Å². The maximum Gasteiger partial charge on any atom is 0.267 e. The highest BCUT2D eigenvalue weighted by Crippen LogP contribution is 2.32. The van der Waals surface area contributed by atoms with Crippen LogP contribution in [0.2, 0.25) is 0 Å². The summed E-state index contributed by atoms with van der Waals surface area (Å²) in [5, 5.41) is 3.84. The summed E-state index contributed by atoms with van der Waals surface area (Å²) in [7, 11) is 1.60. The Bertz CT molecular complexity index is 1160. The third-order valence-electron chi connectivity index (χ3n) is 5.24. The fraction of sp³-hybridized carbons (Fsp3) is 0.409. The maximum absolute atomic E-state index is 13.6. The lowest BCUT2D eigenvalue weighted by Crippen LogP contribution is -2.33. The molecule has 1 saturated carbocycles. The molecule has 1 atom stereocenters. The van der Waals surface area contributed by atoms with Crippen molar-refractivity contribution in [2.45, 2.75) is 56.5 Å². The second-order valence-corrected chi connectivity index (χ2v) is 9.85. The zero-order chi connectivity index (χ0) is 21.4. The van der Waals surface area contributed by atoms with E-state index in [0.29, 0.717) is 28.0 Å². The van der Waals surface area contributed by atoms with E-state index in [1.165, 1.54) is 11.8 Å². The molecule has 1 fully saturated rings. The molecule has 158 valence electrons. The average Bonchev–Trinajstić information content (AvgIpc) is 3.49. The van der Waals surface area contributed by atoms with Crippen LogP contribution in [0.5, 0.6) is 5.75 Å². The minimum atomic E-state index is -0.362.